The predicted octanol–water partition coefficient (Wildman–Crippen LogP) is 2.05. The number of carbonyl (C=O) groups excluding carboxylic acids is 1. The van der Waals surface area contributed by atoms with E-state index in [0.29, 0.717) is 10.7 Å². The first-order valence-corrected chi connectivity index (χ1v) is 4.69. The fourth-order valence-corrected chi connectivity index (χ4v) is 1.14. The van der Waals surface area contributed by atoms with E-state index >= 15 is 0 Å². The minimum Gasteiger partial charge on any atom is -0.393 e. The summed E-state index contributed by atoms with van der Waals surface area (Å²) < 4.78 is 0. The van der Waals surface area contributed by atoms with Gasteiger partial charge in [-0.05, 0) is 31.2 Å². The van der Waals surface area contributed by atoms with E-state index in [1.807, 2.05) is 0 Å². The third kappa shape index (κ3) is 3.77. The van der Waals surface area contributed by atoms with Gasteiger partial charge in [0.1, 0.15) is 0 Å². The highest BCUT2D eigenvalue weighted by Crippen LogP contribution is 2.13. The molecule has 1 unspecified atom stereocenters. The van der Waals surface area contributed by atoms with Gasteiger partial charge in [-0.15, -0.1) is 0 Å². The molecule has 0 heterocycles. The molecule has 0 bridgehead atoms. The van der Waals surface area contributed by atoms with Gasteiger partial charge in [-0.2, -0.15) is 0 Å². The molecule has 0 radical (unpaired) electrons. The molecule has 0 aliphatic rings. The van der Waals surface area contributed by atoms with Crippen LogP contribution in [0.4, 0.5) is 5.69 Å². The number of rotatable bonds is 3. The Morgan fingerprint density at radius 3 is 2.57 bits per heavy atom. The van der Waals surface area contributed by atoms with E-state index in [9.17, 15) is 4.79 Å². The van der Waals surface area contributed by atoms with Gasteiger partial charge in [0, 0.05) is 10.7 Å². The van der Waals surface area contributed by atoms with Crippen LogP contribution < -0.4 is 5.32 Å². The van der Waals surface area contributed by atoms with E-state index in [0.717, 1.165) is 0 Å². The second-order valence-corrected chi connectivity index (χ2v) is 3.54. The van der Waals surface area contributed by atoms with Gasteiger partial charge >= 0.3 is 0 Å². The van der Waals surface area contributed by atoms with Gasteiger partial charge in [-0.3, -0.25) is 4.79 Å². The largest absolute Gasteiger partial charge is 0.393 e. The van der Waals surface area contributed by atoms with Crippen molar-refractivity contribution in [2.24, 2.45) is 0 Å². The molecule has 0 saturated heterocycles. The minimum atomic E-state index is -0.623. The molecule has 0 saturated carbocycles. The summed E-state index contributed by atoms with van der Waals surface area (Å²) in [6.45, 7) is 1.57. The van der Waals surface area contributed by atoms with Gasteiger partial charge in [0.05, 0.1) is 12.5 Å². The monoisotopic (exact) mass is 213 g/mol. The molecule has 0 aromatic heterocycles. The number of hydrogen-bond acceptors (Lipinski definition) is 2. The Kier molecular flexibility index (Phi) is 3.92. The summed E-state index contributed by atoms with van der Waals surface area (Å²) >= 11 is 5.68. The summed E-state index contributed by atoms with van der Waals surface area (Å²) in [6.07, 6.45) is -0.523. The summed E-state index contributed by atoms with van der Waals surface area (Å²) in [6, 6.07) is 6.81. The first-order valence-electron chi connectivity index (χ1n) is 4.31. The molecule has 3 nitrogen and oxygen atoms in total. The van der Waals surface area contributed by atoms with Crippen LogP contribution in [-0.2, 0) is 4.79 Å². The Morgan fingerprint density at radius 2 is 2.07 bits per heavy atom. The molecule has 1 aromatic rings. The van der Waals surface area contributed by atoms with Crippen molar-refractivity contribution in [3.63, 3.8) is 0 Å². The number of halogens is 1. The lowest BCUT2D eigenvalue weighted by Gasteiger charge is -2.06. The maximum absolute atomic E-state index is 11.2. The first kappa shape index (κ1) is 11.0. The highest BCUT2D eigenvalue weighted by Gasteiger charge is 2.05. The normalized spacial score (nSPS) is 12.2. The number of aliphatic hydroxyl groups excluding tert-OH is 1. The summed E-state index contributed by atoms with van der Waals surface area (Å²) in [5.41, 5.74) is 0.681. The van der Waals surface area contributed by atoms with Crippen molar-refractivity contribution in [2.75, 3.05) is 5.32 Å². The van der Waals surface area contributed by atoms with Crippen LogP contribution in [0.25, 0.3) is 0 Å². The number of hydrogen-bond donors (Lipinski definition) is 2. The van der Waals surface area contributed by atoms with Gasteiger partial charge in [0.2, 0.25) is 5.91 Å². The van der Waals surface area contributed by atoms with E-state index in [1.54, 1.807) is 31.2 Å². The van der Waals surface area contributed by atoms with E-state index in [-0.39, 0.29) is 12.3 Å². The molecule has 1 amide bonds. The molecule has 14 heavy (non-hydrogen) atoms. The molecule has 4 heteroatoms. The fraction of sp³-hybridized carbons (Fsp3) is 0.300. The standard InChI is InChI=1S/C10H12ClNO2/c1-7(13)6-10(14)12-9-4-2-8(11)3-5-9/h2-5,7,13H,6H2,1H3,(H,12,14). The van der Waals surface area contributed by atoms with Crippen LogP contribution >= 0.6 is 11.6 Å². The predicted molar refractivity (Wildman–Crippen MR) is 56.4 cm³/mol. The molecule has 1 aromatic carbocycles. The molecule has 0 fully saturated rings. The Hall–Kier alpha value is -1.06. The second-order valence-electron chi connectivity index (χ2n) is 3.11. The molecule has 0 aliphatic carbocycles. The Labute approximate surface area is 87.7 Å². The summed E-state index contributed by atoms with van der Waals surface area (Å²) in [5, 5.41) is 12.2. The molecule has 2 N–H and O–H groups in total. The van der Waals surface area contributed by atoms with Crippen LogP contribution in [0, 0.1) is 0 Å². The zero-order valence-electron chi connectivity index (χ0n) is 7.83. The van der Waals surface area contributed by atoms with E-state index in [2.05, 4.69) is 5.32 Å². The zero-order valence-corrected chi connectivity index (χ0v) is 8.58. The van der Waals surface area contributed by atoms with Crippen LogP contribution in [-0.4, -0.2) is 17.1 Å². The van der Waals surface area contributed by atoms with E-state index in [1.165, 1.54) is 0 Å². The van der Waals surface area contributed by atoms with E-state index in [4.69, 9.17) is 16.7 Å². The van der Waals surface area contributed by atoms with Crippen LogP contribution in [0.15, 0.2) is 24.3 Å². The smallest absolute Gasteiger partial charge is 0.226 e. The molecule has 1 rings (SSSR count). The highest BCUT2D eigenvalue weighted by molar-refractivity contribution is 6.30. The SMILES string of the molecule is CC(O)CC(=O)Nc1ccc(Cl)cc1. The Morgan fingerprint density at radius 1 is 1.50 bits per heavy atom. The quantitative estimate of drug-likeness (QED) is 0.808. The third-order valence-corrected chi connectivity index (χ3v) is 1.86. The Bertz CT molecular complexity index is 308. The van der Waals surface area contributed by atoms with Crippen molar-refractivity contribution in [1.82, 2.24) is 0 Å². The van der Waals surface area contributed by atoms with Crippen LogP contribution in [0.2, 0.25) is 5.02 Å². The van der Waals surface area contributed by atoms with Crippen molar-refractivity contribution >= 4 is 23.2 Å². The van der Waals surface area contributed by atoms with Crippen molar-refractivity contribution < 1.29 is 9.90 Å². The van der Waals surface area contributed by atoms with E-state index < -0.39 is 6.10 Å². The summed E-state index contributed by atoms with van der Waals surface area (Å²) in [5.74, 6) is -0.206. The fourth-order valence-electron chi connectivity index (χ4n) is 1.01. The van der Waals surface area contributed by atoms with Crippen molar-refractivity contribution in [1.29, 1.82) is 0 Å². The maximum atomic E-state index is 11.2. The minimum absolute atomic E-state index is 0.0998. The lowest BCUT2D eigenvalue weighted by Crippen LogP contribution is -2.17. The molecular weight excluding hydrogens is 202 g/mol. The average molecular weight is 214 g/mol. The van der Waals surface area contributed by atoms with Gasteiger partial charge in [0.15, 0.2) is 0 Å². The molecule has 0 spiro atoms. The number of anilines is 1. The number of aliphatic hydroxyl groups is 1. The molecule has 1 atom stereocenters. The molecule has 76 valence electrons. The first-order chi connectivity index (χ1) is 6.58. The van der Waals surface area contributed by atoms with Gasteiger partial charge in [-0.25, -0.2) is 0 Å². The van der Waals surface area contributed by atoms with Gasteiger partial charge in [0.25, 0.3) is 0 Å². The van der Waals surface area contributed by atoms with Crippen LogP contribution in [0.5, 0.6) is 0 Å². The summed E-state index contributed by atoms with van der Waals surface area (Å²) in [7, 11) is 0. The second kappa shape index (κ2) is 4.98. The van der Waals surface area contributed by atoms with Gasteiger partial charge in [-0.1, -0.05) is 11.6 Å². The highest BCUT2D eigenvalue weighted by atomic mass is 35.5. The number of carbonyl (C=O) groups is 1. The maximum Gasteiger partial charge on any atom is 0.226 e. The third-order valence-electron chi connectivity index (χ3n) is 1.61. The summed E-state index contributed by atoms with van der Waals surface area (Å²) in [4.78, 5) is 11.2. The lowest BCUT2D eigenvalue weighted by molar-refractivity contribution is -0.117. The van der Waals surface area contributed by atoms with Crippen molar-refractivity contribution in [3.8, 4) is 0 Å². The van der Waals surface area contributed by atoms with Crippen molar-refractivity contribution in [3.05, 3.63) is 29.3 Å². The Balaban J connectivity index is 2.52. The zero-order chi connectivity index (χ0) is 10.6. The topological polar surface area (TPSA) is 49.3 Å². The molecule has 0 aliphatic heterocycles. The van der Waals surface area contributed by atoms with Crippen LogP contribution in [0.1, 0.15) is 13.3 Å². The van der Waals surface area contributed by atoms with Crippen LogP contribution in [0.3, 0.4) is 0 Å². The number of benzene rings is 1. The molecular formula is C10H12ClNO2. The average Bonchev–Trinajstić information content (AvgIpc) is 2.07. The number of nitrogens with one attached hydrogen (secondary N) is 1. The van der Waals surface area contributed by atoms with Gasteiger partial charge < -0.3 is 10.4 Å². The number of amides is 1. The van der Waals surface area contributed by atoms with Crippen molar-refractivity contribution in [2.45, 2.75) is 19.4 Å². The lowest BCUT2D eigenvalue weighted by atomic mass is 10.2.